The van der Waals surface area contributed by atoms with E-state index in [1.165, 1.54) is 64.2 Å². The maximum atomic E-state index is 2.45. The first-order valence-electron chi connectivity index (χ1n) is 12.9. The van der Waals surface area contributed by atoms with Gasteiger partial charge >= 0.3 is 0 Å². The Kier molecular flexibility index (Phi) is 94.7. The second kappa shape index (κ2) is 57.1. The summed E-state index contributed by atoms with van der Waals surface area (Å²) < 4.78 is 0. The zero-order valence-electron chi connectivity index (χ0n) is 23.4. The van der Waals surface area contributed by atoms with Crippen molar-refractivity contribution in [3.63, 3.8) is 0 Å². The van der Waals surface area contributed by atoms with Gasteiger partial charge in [-0.2, -0.15) is 0 Å². The van der Waals surface area contributed by atoms with Crippen molar-refractivity contribution in [2.75, 3.05) is 0 Å². The first kappa shape index (κ1) is 48.1. The summed E-state index contributed by atoms with van der Waals surface area (Å²) in [7, 11) is 4.67. The fourth-order valence-corrected chi connectivity index (χ4v) is 2.67. The van der Waals surface area contributed by atoms with Crippen molar-refractivity contribution in [2.45, 2.75) is 154 Å². The Morgan fingerprint density at radius 3 is 0.966 bits per heavy atom. The molecule has 0 aromatic heterocycles. The minimum absolute atomic E-state index is 0. The predicted octanol–water partition coefficient (Wildman–Crippen LogP) is 12.2. The van der Waals surface area contributed by atoms with Gasteiger partial charge in [-0.1, -0.05) is 154 Å². The molecule has 0 saturated carbocycles. The van der Waals surface area contributed by atoms with Crippen LogP contribution in [0.4, 0.5) is 0 Å². The van der Waals surface area contributed by atoms with E-state index in [0.717, 1.165) is 17.8 Å². The third-order valence-electron chi connectivity index (χ3n) is 4.54. The predicted molar refractivity (Wildman–Crippen MR) is 165 cm³/mol. The molecule has 0 radical (unpaired) electrons. The maximum Gasteiger partial charge on any atom is -0.0443 e. The van der Waals surface area contributed by atoms with Gasteiger partial charge < -0.3 is 0 Å². The topological polar surface area (TPSA) is 0 Å². The first-order valence-corrected chi connectivity index (χ1v) is 15.6. The molecule has 0 aliphatic carbocycles. The van der Waals surface area contributed by atoms with Crippen LogP contribution in [-0.4, -0.2) is 0 Å². The molecule has 0 rings (SSSR count). The smallest absolute Gasteiger partial charge is 0.0443 e. The van der Waals surface area contributed by atoms with Gasteiger partial charge in [-0.25, -0.2) is 0 Å². The second-order valence-electron chi connectivity index (χ2n) is 6.73. The summed E-state index contributed by atoms with van der Waals surface area (Å²) in [4.78, 5) is 0. The van der Waals surface area contributed by atoms with Gasteiger partial charge in [-0.05, 0) is 17.8 Å². The Labute approximate surface area is 213 Å². The zero-order chi connectivity index (χ0) is 23.8. The molecule has 3 heteroatoms. The SMILES string of the molecule is CC.CC.CC.CC.CCCCC(C)CCCC(C)CCCC(C)CC.I.PP. The maximum absolute atomic E-state index is 2.45. The lowest BCUT2D eigenvalue weighted by atomic mass is 9.91. The highest BCUT2D eigenvalue weighted by Crippen LogP contribution is 2.21. The van der Waals surface area contributed by atoms with Gasteiger partial charge in [-0.15, -0.1) is 41.8 Å². The van der Waals surface area contributed by atoms with Crippen molar-refractivity contribution < 1.29 is 0 Å². The monoisotopic (exact) mass is 568 g/mol. The van der Waals surface area contributed by atoms with Crippen LogP contribution in [0.1, 0.15) is 154 Å². The van der Waals surface area contributed by atoms with Crippen LogP contribution in [0.2, 0.25) is 0 Å². The van der Waals surface area contributed by atoms with Gasteiger partial charge in [0.1, 0.15) is 0 Å². The summed E-state index contributed by atoms with van der Waals surface area (Å²) in [5.74, 6) is 2.84. The number of rotatable bonds is 12. The summed E-state index contributed by atoms with van der Waals surface area (Å²) >= 11 is 0. The second-order valence-corrected chi connectivity index (χ2v) is 6.73. The van der Waals surface area contributed by atoms with E-state index in [1.54, 1.807) is 0 Å². The normalized spacial score (nSPS) is 11.3. The summed E-state index contributed by atoms with van der Waals surface area (Å²) in [6.07, 6.45) is 14.3. The first-order chi connectivity index (χ1) is 13.6. The molecule has 0 spiro atoms. The van der Waals surface area contributed by atoms with E-state index in [0.29, 0.717) is 0 Å². The van der Waals surface area contributed by atoms with Crippen LogP contribution in [0.5, 0.6) is 0 Å². The van der Waals surface area contributed by atoms with Crippen molar-refractivity contribution in [3.8, 4) is 0 Å². The van der Waals surface area contributed by atoms with E-state index >= 15 is 0 Å². The van der Waals surface area contributed by atoms with Gasteiger partial charge in [0, 0.05) is 0 Å². The van der Waals surface area contributed by atoms with Crippen LogP contribution >= 0.6 is 41.8 Å². The summed E-state index contributed by atoms with van der Waals surface area (Å²) in [6.45, 7) is 27.9. The Hall–Kier alpha value is 1.59. The van der Waals surface area contributed by atoms with E-state index in [-0.39, 0.29) is 24.0 Å². The van der Waals surface area contributed by atoms with E-state index < -0.39 is 0 Å². The standard InChI is InChI=1S/C18H38.4C2H6.HI.H4P2/c1-6-8-11-17(4)14-10-15-18(5)13-9-12-16(3)7-2;4*1-2;;1-2/h16-18H,6-15H2,1-5H3;4*1-2H3;1H;1-2H2. The molecule has 0 bridgehead atoms. The van der Waals surface area contributed by atoms with E-state index in [2.05, 4.69) is 52.5 Å². The van der Waals surface area contributed by atoms with Crippen LogP contribution in [-0.2, 0) is 0 Å². The average Bonchev–Trinajstić information content (AvgIpc) is 2.79. The van der Waals surface area contributed by atoms with Crippen LogP contribution in [0.15, 0.2) is 0 Å². The van der Waals surface area contributed by atoms with Crippen molar-refractivity contribution in [1.82, 2.24) is 0 Å². The average molecular weight is 569 g/mol. The summed E-state index contributed by atoms with van der Waals surface area (Å²) in [6, 6.07) is 0. The fourth-order valence-electron chi connectivity index (χ4n) is 2.67. The Balaban J connectivity index is -0.0000000761. The van der Waals surface area contributed by atoms with Crippen LogP contribution in [0, 0.1) is 17.8 Å². The lowest BCUT2D eigenvalue weighted by Gasteiger charge is -2.15. The number of unbranched alkanes of at least 4 members (excludes halogenated alkanes) is 1. The van der Waals surface area contributed by atoms with Crippen molar-refractivity contribution >= 4 is 41.8 Å². The van der Waals surface area contributed by atoms with Gasteiger partial charge in [0.15, 0.2) is 0 Å². The summed E-state index contributed by atoms with van der Waals surface area (Å²) in [5, 5.41) is 0. The lowest BCUT2D eigenvalue weighted by molar-refractivity contribution is 0.382. The lowest BCUT2D eigenvalue weighted by Crippen LogP contribution is -2.00. The highest BCUT2D eigenvalue weighted by Gasteiger charge is 2.06. The number of hydrogen-bond donors (Lipinski definition) is 0. The van der Waals surface area contributed by atoms with E-state index in [4.69, 9.17) is 0 Å². The van der Waals surface area contributed by atoms with Gasteiger partial charge in [0.2, 0.25) is 0 Å². The molecule has 188 valence electrons. The van der Waals surface area contributed by atoms with Crippen LogP contribution in [0.25, 0.3) is 0 Å². The molecular formula is C26H67IP2. The molecule has 0 aliphatic heterocycles. The molecule has 29 heavy (non-hydrogen) atoms. The Morgan fingerprint density at radius 1 is 0.483 bits per heavy atom. The summed E-state index contributed by atoms with van der Waals surface area (Å²) in [5.41, 5.74) is 0. The third kappa shape index (κ3) is 58.7. The van der Waals surface area contributed by atoms with Crippen molar-refractivity contribution in [1.29, 1.82) is 0 Å². The fraction of sp³-hybridized carbons (Fsp3) is 1.00. The zero-order valence-corrected chi connectivity index (χ0v) is 28.0. The highest BCUT2D eigenvalue weighted by atomic mass is 127. The molecule has 5 atom stereocenters. The minimum atomic E-state index is 0. The Morgan fingerprint density at radius 2 is 0.724 bits per heavy atom. The minimum Gasteiger partial charge on any atom is -0.118 e. The van der Waals surface area contributed by atoms with Gasteiger partial charge in [-0.3, -0.25) is 0 Å². The van der Waals surface area contributed by atoms with Gasteiger partial charge in [0.05, 0.1) is 0 Å². The molecule has 0 fully saturated rings. The molecule has 0 saturated heterocycles. The molecule has 0 heterocycles. The van der Waals surface area contributed by atoms with Crippen molar-refractivity contribution in [3.05, 3.63) is 0 Å². The molecule has 0 aliphatic rings. The van der Waals surface area contributed by atoms with Crippen LogP contribution < -0.4 is 0 Å². The molecule has 0 N–H and O–H groups in total. The third-order valence-corrected chi connectivity index (χ3v) is 4.54. The van der Waals surface area contributed by atoms with Crippen LogP contribution in [0.3, 0.4) is 0 Å². The number of halogens is 1. The van der Waals surface area contributed by atoms with Gasteiger partial charge in [0.25, 0.3) is 0 Å². The molecular weight excluding hydrogens is 501 g/mol. The molecule has 0 aromatic rings. The quantitative estimate of drug-likeness (QED) is 0.162. The highest BCUT2D eigenvalue weighted by molar-refractivity contribution is 14.0. The molecule has 0 nitrogen and oxygen atoms in total. The Bertz CT molecular complexity index is 178. The molecule has 5 unspecified atom stereocenters. The van der Waals surface area contributed by atoms with E-state index in [1.807, 2.05) is 55.4 Å². The van der Waals surface area contributed by atoms with Crippen molar-refractivity contribution in [2.24, 2.45) is 17.8 Å². The largest absolute Gasteiger partial charge is 0.118 e. The number of hydrogen-bond acceptors (Lipinski definition) is 0. The molecule has 0 amide bonds. The molecule has 0 aromatic carbocycles. The van der Waals surface area contributed by atoms with E-state index in [9.17, 15) is 0 Å².